The van der Waals surface area contributed by atoms with Crippen LogP contribution in [0.1, 0.15) is 34.2 Å². The first-order valence-electron chi connectivity index (χ1n) is 10.7. The zero-order chi connectivity index (χ0) is 24.6. The van der Waals surface area contributed by atoms with Crippen molar-refractivity contribution in [2.24, 2.45) is 7.05 Å². The van der Waals surface area contributed by atoms with Crippen molar-refractivity contribution in [2.45, 2.75) is 25.2 Å². The minimum atomic E-state index is -4.79. The van der Waals surface area contributed by atoms with Crippen molar-refractivity contribution in [2.75, 3.05) is 0 Å². The van der Waals surface area contributed by atoms with Crippen LogP contribution in [0.15, 0.2) is 61.1 Å². The van der Waals surface area contributed by atoms with Crippen LogP contribution in [0.3, 0.4) is 0 Å². The molecule has 8 nitrogen and oxygen atoms in total. The molecule has 3 heterocycles. The number of hydrogen-bond acceptors (Lipinski definition) is 6. The number of fused-ring (bicyclic) bond motifs is 1. The van der Waals surface area contributed by atoms with E-state index in [1.807, 2.05) is 12.1 Å². The molecule has 0 bridgehead atoms. The van der Waals surface area contributed by atoms with Crippen LogP contribution in [0.5, 0.6) is 5.75 Å². The Morgan fingerprint density at radius 1 is 1.14 bits per heavy atom. The molecule has 3 aromatic heterocycles. The quantitative estimate of drug-likeness (QED) is 0.459. The number of pyridine rings is 1. The fourth-order valence-corrected chi connectivity index (χ4v) is 4.00. The summed E-state index contributed by atoms with van der Waals surface area (Å²) in [5.74, 6) is -0.475. The van der Waals surface area contributed by atoms with E-state index in [0.29, 0.717) is 16.8 Å². The second-order valence-electron chi connectivity index (χ2n) is 8.04. The Labute approximate surface area is 197 Å². The molecule has 0 saturated carbocycles. The molecule has 35 heavy (non-hydrogen) atoms. The summed E-state index contributed by atoms with van der Waals surface area (Å²) in [6, 6.07) is 10.4. The van der Waals surface area contributed by atoms with Crippen molar-refractivity contribution < 1.29 is 22.7 Å². The van der Waals surface area contributed by atoms with Gasteiger partial charge in [0.2, 0.25) is 0 Å². The van der Waals surface area contributed by atoms with Gasteiger partial charge < -0.3 is 10.1 Å². The van der Waals surface area contributed by atoms with Gasteiger partial charge in [0.15, 0.2) is 5.82 Å². The zero-order valence-corrected chi connectivity index (χ0v) is 18.5. The van der Waals surface area contributed by atoms with Gasteiger partial charge in [-0.25, -0.2) is 9.97 Å². The normalized spacial score (nSPS) is 15.0. The van der Waals surface area contributed by atoms with Crippen LogP contribution in [0.2, 0.25) is 0 Å². The Balaban J connectivity index is 1.48. The molecule has 1 aliphatic carbocycles. The molecule has 0 radical (unpaired) electrons. The third-order valence-corrected chi connectivity index (χ3v) is 5.58. The summed E-state index contributed by atoms with van der Waals surface area (Å²) >= 11 is 0. The van der Waals surface area contributed by atoms with Gasteiger partial charge in [-0.1, -0.05) is 6.07 Å². The van der Waals surface area contributed by atoms with Gasteiger partial charge in [-0.15, -0.1) is 13.2 Å². The van der Waals surface area contributed by atoms with Crippen molar-refractivity contribution in [3.63, 3.8) is 0 Å². The third kappa shape index (κ3) is 4.98. The molecule has 0 fully saturated rings. The molecule has 0 aliphatic heterocycles. The summed E-state index contributed by atoms with van der Waals surface area (Å²) in [7, 11) is 1.74. The van der Waals surface area contributed by atoms with Crippen LogP contribution in [0.25, 0.3) is 22.6 Å². The van der Waals surface area contributed by atoms with Gasteiger partial charge in [0.05, 0.1) is 23.5 Å². The van der Waals surface area contributed by atoms with E-state index < -0.39 is 12.3 Å². The largest absolute Gasteiger partial charge is 0.573 e. The van der Waals surface area contributed by atoms with E-state index in [-0.39, 0.29) is 23.3 Å². The van der Waals surface area contributed by atoms with Gasteiger partial charge in [-0.2, -0.15) is 5.10 Å². The van der Waals surface area contributed by atoms with E-state index in [0.717, 1.165) is 24.1 Å². The molecule has 1 aromatic carbocycles. The molecule has 0 unspecified atom stereocenters. The highest BCUT2D eigenvalue weighted by Gasteiger charge is 2.31. The highest BCUT2D eigenvalue weighted by molar-refractivity contribution is 5.94. The fourth-order valence-electron chi connectivity index (χ4n) is 4.00. The Morgan fingerprint density at radius 2 is 1.94 bits per heavy atom. The number of carbonyl (C=O) groups is 1. The number of ether oxygens (including phenoxy) is 1. The summed E-state index contributed by atoms with van der Waals surface area (Å²) in [5.41, 5.74) is 3.52. The van der Waals surface area contributed by atoms with Crippen LogP contribution in [0, 0.1) is 0 Å². The lowest BCUT2D eigenvalue weighted by atomic mass is 10.1. The van der Waals surface area contributed by atoms with Crippen LogP contribution < -0.4 is 10.1 Å². The second kappa shape index (κ2) is 8.82. The number of aromatic nitrogens is 5. The average Bonchev–Trinajstić information content (AvgIpc) is 3.45. The highest BCUT2D eigenvalue weighted by atomic mass is 19.4. The minimum absolute atomic E-state index is 0.127. The molecule has 4 aromatic rings. The summed E-state index contributed by atoms with van der Waals surface area (Å²) in [6.45, 7) is 0. The summed E-state index contributed by atoms with van der Waals surface area (Å²) in [5, 5.41) is 7.14. The Kier molecular flexibility index (Phi) is 5.67. The van der Waals surface area contributed by atoms with Crippen LogP contribution >= 0.6 is 0 Å². The number of hydrogen-bond donors (Lipinski definition) is 1. The van der Waals surface area contributed by atoms with Gasteiger partial charge in [-0.3, -0.25) is 14.5 Å². The van der Waals surface area contributed by atoms with Crippen LogP contribution in [-0.2, 0) is 13.5 Å². The number of benzene rings is 1. The van der Waals surface area contributed by atoms with Gasteiger partial charge >= 0.3 is 6.36 Å². The predicted molar refractivity (Wildman–Crippen MR) is 119 cm³/mol. The first-order valence-corrected chi connectivity index (χ1v) is 10.7. The molecule has 0 saturated heterocycles. The lowest BCUT2D eigenvalue weighted by Crippen LogP contribution is -2.28. The third-order valence-electron chi connectivity index (χ3n) is 5.58. The van der Waals surface area contributed by atoms with E-state index in [1.165, 1.54) is 30.3 Å². The standard InChI is InChI=1S/C24H19F3N6O2/c1-33-13-15(12-29-33)22-30-20(14-4-6-16(7-5-14)35-24(25,26)27)11-21(31-22)23(34)32-19-9-8-18-17(19)3-2-10-28-18/h2-7,10-13,19H,8-9H2,1H3,(H,32,34)/t19-/m0/s1. The summed E-state index contributed by atoms with van der Waals surface area (Å²) in [6.07, 6.45) is 1.71. The van der Waals surface area contributed by atoms with Crippen molar-refractivity contribution in [3.05, 3.63) is 78.0 Å². The van der Waals surface area contributed by atoms with E-state index in [4.69, 9.17) is 0 Å². The molecule has 5 rings (SSSR count). The molecule has 178 valence electrons. The monoisotopic (exact) mass is 480 g/mol. The number of nitrogens with one attached hydrogen (secondary N) is 1. The van der Waals surface area contributed by atoms with Gasteiger partial charge in [0, 0.05) is 30.7 Å². The fraction of sp³-hybridized carbons (Fsp3) is 0.208. The van der Waals surface area contributed by atoms with Gasteiger partial charge in [0.1, 0.15) is 11.4 Å². The van der Waals surface area contributed by atoms with Gasteiger partial charge in [-0.05, 0) is 54.8 Å². The Bertz CT molecular complexity index is 1380. The number of halogens is 3. The number of aryl methyl sites for hydroxylation is 2. The molecule has 1 amide bonds. The topological polar surface area (TPSA) is 94.8 Å². The van der Waals surface area contributed by atoms with Crippen molar-refractivity contribution in [3.8, 4) is 28.4 Å². The van der Waals surface area contributed by atoms with E-state index in [2.05, 4.69) is 30.1 Å². The molecular weight excluding hydrogens is 461 g/mol. The van der Waals surface area contributed by atoms with Crippen molar-refractivity contribution >= 4 is 5.91 Å². The van der Waals surface area contributed by atoms with E-state index >= 15 is 0 Å². The van der Waals surface area contributed by atoms with E-state index in [9.17, 15) is 18.0 Å². The van der Waals surface area contributed by atoms with Crippen LogP contribution in [0.4, 0.5) is 13.2 Å². The maximum absolute atomic E-state index is 13.2. The maximum atomic E-state index is 13.2. The summed E-state index contributed by atoms with van der Waals surface area (Å²) < 4.78 is 43.1. The SMILES string of the molecule is Cn1cc(-c2nc(C(=O)N[C@H]3CCc4ncccc43)cc(-c3ccc(OC(F)(F)F)cc3)n2)cn1. The number of nitrogens with zero attached hydrogens (tertiary/aromatic N) is 5. The first-order chi connectivity index (χ1) is 16.7. The van der Waals surface area contributed by atoms with Gasteiger partial charge in [0.25, 0.3) is 5.91 Å². The number of carbonyl (C=O) groups excluding carboxylic acids is 1. The average molecular weight is 480 g/mol. The smallest absolute Gasteiger partial charge is 0.406 e. The molecule has 11 heteroatoms. The highest BCUT2D eigenvalue weighted by Crippen LogP contribution is 2.30. The number of alkyl halides is 3. The second-order valence-corrected chi connectivity index (χ2v) is 8.04. The Hall–Kier alpha value is -4.28. The molecule has 1 atom stereocenters. The Morgan fingerprint density at radius 3 is 2.66 bits per heavy atom. The first kappa shape index (κ1) is 22.5. The number of rotatable bonds is 5. The molecule has 1 N–H and O–H groups in total. The van der Waals surface area contributed by atoms with Crippen molar-refractivity contribution in [1.82, 2.24) is 30.0 Å². The minimum Gasteiger partial charge on any atom is -0.406 e. The van der Waals surface area contributed by atoms with Crippen molar-refractivity contribution in [1.29, 1.82) is 0 Å². The van der Waals surface area contributed by atoms with E-state index in [1.54, 1.807) is 30.3 Å². The molecule has 0 spiro atoms. The summed E-state index contributed by atoms with van der Waals surface area (Å²) in [4.78, 5) is 26.5. The zero-order valence-electron chi connectivity index (χ0n) is 18.5. The molecular formula is C24H19F3N6O2. The predicted octanol–water partition coefficient (Wildman–Crippen LogP) is 4.26. The van der Waals surface area contributed by atoms with Crippen LogP contribution in [-0.4, -0.2) is 37.0 Å². The number of amides is 1. The maximum Gasteiger partial charge on any atom is 0.573 e. The molecule has 1 aliphatic rings. The lowest BCUT2D eigenvalue weighted by molar-refractivity contribution is -0.274. The lowest BCUT2D eigenvalue weighted by Gasteiger charge is -2.14.